The maximum Gasteiger partial charge on any atom is 0.0784 e. The number of aryl methyl sites for hydroxylation is 2. The van der Waals surface area contributed by atoms with Crippen molar-refractivity contribution in [2.24, 2.45) is 0 Å². The highest BCUT2D eigenvalue weighted by Gasteiger charge is 2.38. The van der Waals surface area contributed by atoms with Gasteiger partial charge in [-0.05, 0) is 119 Å². The second kappa shape index (κ2) is 13.7. The van der Waals surface area contributed by atoms with Crippen LogP contribution in [0.5, 0.6) is 0 Å². The summed E-state index contributed by atoms with van der Waals surface area (Å²) < 4.78 is 2.48. The topological polar surface area (TPSA) is 8.17 Å². The fourth-order valence-electron chi connectivity index (χ4n) is 10.3. The average molecular weight is 803 g/mol. The Balaban J connectivity index is 1.13. The van der Waals surface area contributed by atoms with Gasteiger partial charge < -0.3 is 9.47 Å². The van der Waals surface area contributed by atoms with E-state index in [1.807, 2.05) is 0 Å². The van der Waals surface area contributed by atoms with Gasteiger partial charge in [0.1, 0.15) is 0 Å². The summed E-state index contributed by atoms with van der Waals surface area (Å²) in [6.07, 6.45) is 0. The fourth-order valence-corrected chi connectivity index (χ4v) is 11.9. The molecule has 0 fully saturated rings. The molecule has 0 atom stereocenters. The van der Waals surface area contributed by atoms with Gasteiger partial charge >= 0.3 is 0 Å². The van der Waals surface area contributed by atoms with Crippen molar-refractivity contribution in [3.8, 4) is 27.9 Å². The average Bonchev–Trinajstić information content (AvgIpc) is 3.71. The summed E-state index contributed by atoms with van der Waals surface area (Å²) in [5.41, 5.74) is 17.3. The van der Waals surface area contributed by atoms with Crippen molar-refractivity contribution in [3.05, 3.63) is 198 Å². The second-order valence-electron chi connectivity index (χ2n) is 18.8. The van der Waals surface area contributed by atoms with Gasteiger partial charge in [-0.15, -0.1) is 0 Å². The molecule has 1 aromatic heterocycles. The Morgan fingerprint density at radius 1 is 0.459 bits per heavy atom. The van der Waals surface area contributed by atoms with E-state index in [2.05, 4.69) is 233 Å². The maximum absolute atomic E-state index is 2.53. The van der Waals surface area contributed by atoms with Crippen molar-refractivity contribution < 1.29 is 0 Å². The minimum Gasteiger partial charge on any atom is -0.309 e. The van der Waals surface area contributed by atoms with E-state index in [9.17, 15) is 0 Å². The SMILES string of the molecule is Cc1ccc(N(c2ccc([Si](C)(C)C)c3ccccc23)c2cc3c(c4ccccc24)-c2ccc(-n4c5ccc(C)cc5c5cc(-c6ccccc6)ccc54)cc2C3(C)C)cc1. The van der Waals surface area contributed by atoms with Crippen LogP contribution in [0.3, 0.4) is 0 Å². The first-order chi connectivity index (χ1) is 29.5. The lowest BCUT2D eigenvalue weighted by Gasteiger charge is -2.31. The lowest BCUT2D eigenvalue weighted by molar-refractivity contribution is 0.660. The summed E-state index contributed by atoms with van der Waals surface area (Å²) >= 11 is 0. The zero-order chi connectivity index (χ0) is 41.8. The molecule has 0 radical (unpaired) electrons. The van der Waals surface area contributed by atoms with Crippen LogP contribution in [0.25, 0.3) is 71.3 Å². The van der Waals surface area contributed by atoms with Crippen molar-refractivity contribution in [3.63, 3.8) is 0 Å². The molecule has 0 aliphatic heterocycles. The molecule has 1 aliphatic rings. The Kier molecular flexibility index (Phi) is 8.37. The van der Waals surface area contributed by atoms with Crippen LogP contribution >= 0.6 is 0 Å². The highest BCUT2D eigenvalue weighted by atomic mass is 28.3. The number of nitrogens with zero attached hydrogens (tertiary/aromatic N) is 2. The molecular weight excluding hydrogens is 753 g/mol. The lowest BCUT2D eigenvalue weighted by Crippen LogP contribution is -2.38. The first-order valence-electron chi connectivity index (χ1n) is 21.7. The van der Waals surface area contributed by atoms with Crippen LogP contribution < -0.4 is 10.1 Å². The molecule has 10 aromatic rings. The number of anilines is 3. The second-order valence-corrected chi connectivity index (χ2v) is 23.8. The first kappa shape index (κ1) is 37.3. The number of benzene rings is 9. The van der Waals surface area contributed by atoms with Crippen LogP contribution in [0.15, 0.2) is 176 Å². The minimum absolute atomic E-state index is 0.266. The third-order valence-electron chi connectivity index (χ3n) is 13.4. The largest absolute Gasteiger partial charge is 0.309 e. The van der Waals surface area contributed by atoms with Gasteiger partial charge in [0.15, 0.2) is 0 Å². The monoisotopic (exact) mass is 802 g/mol. The van der Waals surface area contributed by atoms with Gasteiger partial charge in [-0.1, -0.05) is 165 Å². The van der Waals surface area contributed by atoms with E-state index in [0.29, 0.717) is 0 Å². The van der Waals surface area contributed by atoms with E-state index in [1.165, 1.54) is 110 Å². The highest BCUT2D eigenvalue weighted by Crippen LogP contribution is 2.55. The van der Waals surface area contributed by atoms with Crippen LogP contribution in [0, 0.1) is 13.8 Å². The maximum atomic E-state index is 2.53. The molecule has 2 nitrogen and oxygen atoms in total. The van der Waals surface area contributed by atoms with Crippen molar-refractivity contribution in [2.75, 3.05) is 4.90 Å². The van der Waals surface area contributed by atoms with Crippen LogP contribution in [-0.4, -0.2) is 12.6 Å². The Bertz CT molecular complexity index is 3380. The van der Waals surface area contributed by atoms with Crippen LogP contribution in [0.4, 0.5) is 17.1 Å². The van der Waals surface area contributed by atoms with E-state index >= 15 is 0 Å². The third-order valence-corrected chi connectivity index (χ3v) is 15.5. The Labute approximate surface area is 360 Å². The number of hydrogen-bond acceptors (Lipinski definition) is 1. The number of aromatic nitrogens is 1. The predicted octanol–water partition coefficient (Wildman–Crippen LogP) is 15.7. The van der Waals surface area contributed by atoms with Gasteiger partial charge in [-0.3, -0.25) is 0 Å². The zero-order valence-electron chi connectivity index (χ0n) is 36.1. The summed E-state index contributed by atoms with van der Waals surface area (Å²) in [6, 6.07) is 66.4. The molecule has 11 rings (SSSR count). The molecule has 296 valence electrons. The van der Waals surface area contributed by atoms with Crippen molar-refractivity contribution in [2.45, 2.75) is 52.8 Å². The van der Waals surface area contributed by atoms with Crippen molar-refractivity contribution >= 4 is 73.7 Å². The molecule has 0 saturated heterocycles. The summed E-state index contributed by atoms with van der Waals surface area (Å²) in [7, 11) is -1.63. The quantitative estimate of drug-likeness (QED) is 0.152. The van der Waals surface area contributed by atoms with Crippen LogP contribution in [0.1, 0.15) is 36.1 Å². The number of rotatable bonds is 6. The number of hydrogen-bond donors (Lipinski definition) is 0. The molecule has 0 unspecified atom stereocenters. The molecule has 0 amide bonds. The molecule has 61 heavy (non-hydrogen) atoms. The van der Waals surface area contributed by atoms with Gasteiger partial charge in [0.05, 0.1) is 30.5 Å². The Hall–Kier alpha value is -6.68. The normalized spacial score (nSPS) is 13.3. The Morgan fingerprint density at radius 2 is 1.08 bits per heavy atom. The van der Waals surface area contributed by atoms with E-state index in [-0.39, 0.29) is 5.41 Å². The van der Waals surface area contributed by atoms with Gasteiger partial charge in [-0.2, -0.15) is 0 Å². The molecule has 0 spiro atoms. The summed E-state index contributed by atoms with van der Waals surface area (Å²) in [4.78, 5) is 2.53. The highest BCUT2D eigenvalue weighted by molar-refractivity contribution is 6.90. The van der Waals surface area contributed by atoms with E-state index in [0.717, 1.165) is 5.69 Å². The first-order valence-corrected chi connectivity index (χ1v) is 25.2. The summed E-state index contributed by atoms with van der Waals surface area (Å²) in [6.45, 7) is 16.6. The fraction of sp³-hybridized carbons (Fsp3) is 0.138. The van der Waals surface area contributed by atoms with Gasteiger partial charge in [0.2, 0.25) is 0 Å². The smallest absolute Gasteiger partial charge is 0.0784 e. The van der Waals surface area contributed by atoms with E-state index in [4.69, 9.17) is 0 Å². The molecule has 1 aliphatic carbocycles. The van der Waals surface area contributed by atoms with E-state index in [1.54, 1.807) is 0 Å². The molecule has 0 saturated carbocycles. The third kappa shape index (κ3) is 5.82. The van der Waals surface area contributed by atoms with Crippen molar-refractivity contribution in [1.82, 2.24) is 4.57 Å². The molecule has 0 N–H and O–H groups in total. The van der Waals surface area contributed by atoms with Crippen LogP contribution in [-0.2, 0) is 5.41 Å². The minimum atomic E-state index is -1.63. The Morgan fingerprint density at radius 3 is 1.80 bits per heavy atom. The summed E-state index contributed by atoms with van der Waals surface area (Å²) in [5.74, 6) is 0. The van der Waals surface area contributed by atoms with Gasteiger partial charge in [-0.25, -0.2) is 0 Å². The molecule has 0 bridgehead atoms. The number of fused-ring (bicyclic) bond motifs is 9. The van der Waals surface area contributed by atoms with E-state index < -0.39 is 8.07 Å². The molecular formula is C58H50N2Si. The van der Waals surface area contributed by atoms with Gasteiger partial charge in [0.25, 0.3) is 0 Å². The molecule has 3 heteroatoms. The van der Waals surface area contributed by atoms with Crippen LogP contribution in [0.2, 0.25) is 19.6 Å². The van der Waals surface area contributed by atoms with Crippen molar-refractivity contribution in [1.29, 1.82) is 0 Å². The zero-order valence-corrected chi connectivity index (χ0v) is 37.1. The standard InChI is InChI=1S/C58H50N2Si/c1-37-21-25-41(26-22-37)59(52-31-32-56(61(5,6)7)45-19-13-11-17-43(45)52)55-36-51-57(46-20-14-12-18-44(46)55)47-28-27-42(35-50(47)58(51,3)4)60-53-29-23-38(2)33-48(53)49-34-40(24-30-54(49)60)39-15-9-8-10-16-39/h8-36H,1-7H3. The summed E-state index contributed by atoms with van der Waals surface area (Å²) in [5, 5.41) is 9.25. The molecule has 9 aromatic carbocycles. The molecule has 1 heterocycles. The predicted molar refractivity (Wildman–Crippen MR) is 266 cm³/mol. The van der Waals surface area contributed by atoms with Gasteiger partial charge in [0, 0.05) is 38.3 Å². The lowest BCUT2D eigenvalue weighted by atomic mass is 9.81.